The van der Waals surface area contributed by atoms with Gasteiger partial charge in [-0.1, -0.05) is 12.1 Å². The van der Waals surface area contributed by atoms with Crippen LogP contribution in [-0.2, 0) is 10.9 Å². The molecule has 0 radical (unpaired) electrons. The number of esters is 1. The number of halogens is 3. The Labute approximate surface area is 119 Å². The van der Waals surface area contributed by atoms with Crippen LogP contribution < -0.4 is 0 Å². The van der Waals surface area contributed by atoms with Gasteiger partial charge in [0, 0.05) is 12.4 Å². The van der Waals surface area contributed by atoms with Crippen molar-refractivity contribution >= 4 is 5.97 Å². The summed E-state index contributed by atoms with van der Waals surface area (Å²) in [4.78, 5) is 15.8. The predicted octanol–water partition coefficient (Wildman–Crippen LogP) is 3.94. The molecule has 3 nitrogen and oxygen atoms in total. The Balaban J connectivity index is 2.68. The molecular formula is C15H12F3NO2. The Bertz CT molecular complexity index is 639. The van der Waals surface area contributed by atoms with E-state index in [1.807, 2.05) is 0 Å². The van der Waals surface area contributed by atoms with E-state index < -0.39 is 23.3 Å². The molecule has 0 bridgehead atoms. The maximum absolute atomic E-state index is 13.1. The number of alkyl halides is 3. The highest BCUT2D eigenvalue weighted by atomic mass is 19.4. The highest BCUT2D eigenvalue weighted by Gasteiger charge is 2.37. The van der Waals surface area contributed by atoms with Gasteiger partial charge in [-0.3, -0.25) is 4.98 Å². The predicted molar refractivity (Wildman–Crippen MR) is 70.6 cm³/mol. The molecule has 0 amide bonds. The zero-order valence-corrected chi connectivity index (χ0v) is 11.1. The Hall–Kier alpha value is -2.37. The molecule has 0 saturated heterocycles. The second kappa shape index (κ2) is 5.95. The van der Waals surface area contributed by atoms with Gasteiger partial charge in [0.2, 0.25) is 0 Å². The summed E-state index contributed by atoms with van der Waals surface area (Å²) in [5.41, 5.74) is -0.835. The topological polar surface area (TPSA) is 39.2 Å². The Kier molecular flexibility index (Phi) is 4.26. The second-order valence-electron chi connectivity index (χ2n) is 4.18. The van der Waals surface area contributed by atoms with Crippen molar-refractivity contribution in [2.45, 2.75) is 13.1 Å². The molecule has 0 spiro atoms. The van der Waals surface area contributed by atoms with Crippen LogP contribution >= 0.6 is 0 Å². The fourth-order valence-electron chi connectivity index (χ4n) is 1.98. The molecule has 0 N–H and O–H groups in total. The lowest BCUT2D eigenvalue weighted by atomic mass is 9.95. The van der Waals surface area contributed by atoms with E-state index >= 15 is 0 Å². The third-order valence-corrected chi connectivity index (χ3v) is 2.84. The van der Waals surface area contributed by atoms with Gasteiger partial charge in [-0.2, -0.15) is 13.2 Å². The first-order chi connectivity index (χ1) is 9.95. The number of ether oxygens (including phenoxy) is 1. The molecule has 0 unspecified atom stereocenters. The molecule has 0 atom stereocenters. The Morgan fingerprint density at radius 2 is 1.86 bits per heavy atom. The lowest BCUT2D eigenvalue weighted by molar-refractivity contribution is -0.138. The van der Waals surface area contributed by atoms with Crippen molar-refractivity contribution in [1.29, 1.82) is 0 Å². The fraction of sp³-hybridized carbons (Fsp3) is 0.200. The molecule has 1 heterocycles. The molecule has 0 aliphatic rings. The van der Waals surface area contributed by atoms with E-state index in [9.17, 15) is 18.0 Å². The molecule has 2 aromatic rings. The van der Waals surface area contributed by atoms with Crippen LogP contribution in [0.2, 0.25) is 0 Å². The van der Waals surface area contributed by atoms with Crippen molar-refractivity contribution in [3.63, 3.8) is 0 Å². The number of pyridine rings is 1. The molecule has 0 fully saturated rings. The number of hydrogen-bond acceptors (Lipinski definition) is 3. The van der Waals surface area contributed by atoms with E-state index in [0.29, 0.717) is 5.56 Å². The van der Waals surface area contributed by atoms with E-state index in [2.05, 4.69) is 4.98 Å². The molecule has 0 aliphatic heterocycles. The van der Waals surface area contributed by atoms with Crippen molar-refractivity contribution in [3.8, 4) is 11.1 Å². The third-order valence-electron chi connectivity index (χ3n) is 2.84. The van der Waals surface area contributed by atoms with Crippen molar-refractivity contribution < 1.29 is 22.7 Å². The molecule has 0 aliphatic carbocycles. The lowest BCUT2D eigenvalue weighted by Gasteiger charge is -2.16. The molecule has 6 heteroatoms. The van der Waals surface area contributed by atoms with Crippen LogP contribution in [0.3, 0.4) is 0 Å². The molecule has 1 aromatic carbocycles. The van der Waals surface area contributed by atoms with Gasteiger partial charge in [0.25, 0.3) is 0 Å². The highest BCUT2D eigenvalue weighted by Crippen LogP contribution is 2.37. The summed E-state index contributed by atoms with van der Waals surface area (Å²) < 4.78 is 44.1. The molecule has 110 valence electrons. The lowest BCUT2D eigenvalue weighted by Crippen LogP contribution is -2.16. The van der Waals surface area contributed by atoms with Gasteiger partial charge < -0.3 is 4.74 Å². The van der Waals surface area contributed by atoms with Gasteiger partial charge in [-0.25, -0.2) is 4.79 Å². The number of aromatic nitrogens is 1. The van der Waals surface area contributed by atoms with Crippen LogP contribution in [0.4, 0.5) is 13.2 Å². The van der Waals surface area contributed by atoms with Crippen LogP contribution in [0.15, 0.2) is 42.7 Å². The molecule has 1 aromatic heterocycles. The first-order valence-corrected chi connectivity index (χ1v) is 6.23. The van der Waals surface area contributed by atoms with Gasteiger partial charge in [0.1, 0.15) is 0 Å². The molecular weight excluding hydrogens is 283 g/mol. The van der Waals surface area contributed by atoms with Crippen LogP contribution in [-0.4, -0.2) is 17.6 Å². The number of benzene rings is 1. The monoisotopic (exact) mass is 295 g/mol. The molecule has 21 heavy (non-hydrogen) atoms. The van der Waals surface area contributed by atoms with Crippen molar-refractivity contribution in [1.82, 2.24) is 4.98 Å². The van der Waals surface area contributed by atoms with Gasteiger partial charge in [-0.05, 0) is 36.2 Å². The quantitative estimate of drug-likeness (QED) is 0.805. The van der Waals surface area contributed by atoms with Gasteiger partial charge in [0.15, 0.2) is 0 Å². The SMILES string of the molecule is CCOC(=O)c1c(-c2ccncc2)cccc1C(F)(F)F. The maximum Gasteiger partial charge on any atom is 0.417 e. The highest BCUT2D eigenvalue weighted by molar-refractivity contribution is 5.99. The summed E-state index contributed by atoms with van der Waals surface area (Å²) in [7, 11) is 0. The van der Waals surface area contributed by atoms with E-state index in [0.717, 1.165) is 6.07 Å². The normalized spacial score (nSPS) is 11.2. The largest absolute Gasteiger partial charge is 0.462 e. The number of rotatable bonds is 3. The summed E-state index contributed by atoms with van der Waals surface area (Å²) >= 11 is 0. The van der Waals surface area contributed by atoms with Gasteiger partial charge in [0.05, 0.1) is 17.7 Å². The first-order valence-electron chi connectivity index (χ1n) is 6.23. The Morgan fingerprint density at radius 1 is 1.19 bits per heavy atom. The van der Waals surface area contributed by atoms with E-state index in [1.165, 1.54) is 36.7 Å². The second-order valence-corrected chi connectivity index (χ2v) is 4.18. The first kappa shape index (κ1) is 15.0. The van der Waals surface area contributed by atoms with Crippen LogP contribution in [0.5, 0.6) is 0 Å². The fourth-order valence-corrected chi connectivity index (χ4v) is 1.98. The standard InChI is InChI=1S/C15H12F3NO2/c1-2-21-14(20)13-11(10-6-8-19-9-7-10)4-3-5-12(13)15(16,17)18/h3-9H,2H2,1H3. The zero-order valence-electron chi connectivity index (χ0n) is 11.1. The number of hydrogen-bond donors (Lipinski definition) is 0. The number of carbonyl (C=O) groups is 1. The maximum atomic E-state index is 13.1. The summed E-state index contributed by atoms with van der Waals surface area (Å²) in [6, 6.07) is 6.67. The average Bonchev–Trinajstić information content (AvgIpc) is 2.46. The van der Waals surface area contributed by atoms with Gasteiger partial charge >= 0.3 is 12.1 Å². The van der Waals surface area contributed by atoms with Crippen molar-refractivity contribution in [2.24, 2.45) is 0 Å². The minimum atomic E-state index is -4.63. The van der Waals surface area contributed by atoms with E-state index in [-0.39, 0.29) is 12.2 Å². The summed E-state index contributed by atoms with van der Waals surface area (Å²) in [5.74, 6) is -0.989. The minimum absolute atomic E-state index is 0.000804. The third kappa shape index (κ3) is 3.21. The number of nitrogens with zero attached hydrogens (tertiary/aromatic N) is 1. The molecule has 0 saturated carbocycles. The van der Waals surface area contributed by atoms with Crippen molar-refractivity contribution in [3.05, 3.63) is 53.9 Å². The summed E-state index contributed by atoms with van der Waals surface area (Å²) in [5, 5.41) is 0. The van der Waals surface area contributed by atoms with Crippen LogP contribution in [0.1, 0.15) is 22.8 Å². The number of carbonyl (C=O) groups excluding carboxylic acids is 1. The average molecular weight is 295 g/mol. The zero-order chi connectivity index (χ0) is 15.5. The Morgan fingerprint density at radius 3 is 2.43 bits per heavy atom. The molecule has 2 rings (SSSR count). The van der Waals surface area contributed by atoms with Crippen LogP contribution in [0.25, 0.3) is 11.1 Å². The van der Waals surface area contributed by atoms with E-state index in [1.54, 1.807) is 6.92 Å². The van der Waals surface area contributed by atoms with Crippen LogP contribution in [0, 0.1) is 0 Å². The van der Waals surface area contributed by atoms with E-state index in [4.69, 9.17) is 4.74 Å². The smallest absolute Gasteiger partial charge is 0.417 e. The van der Waals surface area contributed by atoms with Crippen molar-refractivity contribution in [2.75, 3.05) is 6.61 Å². The minimum Gasteiger partial charge on any atom is -0.462 e. The summed E-state index contributed by atoms with van der Waals surface area (Å²) in [6.07, 6.45) is -1.74. The summed E-state index contributed by atoms with van der Waals surface area (Å²) in [6.45, 7) is 1.54. The van der Waals surface area contributed by atoms with Gasteiger partial charge in [-0.15, -0.1) is 0 Å².